The van der Waals surface area contributed by atoms with E-state index in [4.69, 9.17) is 9.52 Å². The van der Waals surface area contributed by atoms with Gasteiger partial charge < -0.3 is 9.52 Å². The van der Waals surface area contributed by atoms with E-state index in [1.54, 1.807) is 0 Å². The standard InChI is InChI=1S/C15H25N3O3/c1-15(2,3)14-17-16-12(21-14)10-18-8-4-5-11(9-18)6-7-13(19)20/h11H,4-10H2,1-3H3,(H,19,20). The second kappa shape index (κ2) is 6.56. The number of carboxylic acids is 1. The van der Waals surface area contributed by atoms with E-state index in [1.807, 2.05) is 20.8 Å². The lowest BCUT2D eigenvalue weighted by atomic mass is 9.93. The van der Waals surface area contributed by atoms with Crippen LogP contribution in [-0.4, -0.2) is 39.3 Å². The zero-order valence-corrected chi connectivity index (χ0v) is 13.1. The Morgan fingerprint density at radius 2 is 2.19 bits per heavy atom. The summed E-state index contributed by atoms with van der Waals surface area (Å²) in [5, 5.41) is 17.0. The highest BCUT2D eigenvalue weighted by atomic mass is 16.4. The van der Waals surface area contributed by atoms with E-state index < -0.39 is 5.97 Å². The van der Waals surface area contributed by atoms with Gasteiger partial charge in [-0.3, -0.25) is 9.69 Å². The molecule has 2 rings (SSSR count). The quantitative estimate of drug-likeness (QED) is 0.898. The van der Waals surface area contributed by atoms with E-state index in [0.29, 0.717) is 24.2 Å². The van der Waals surface area contributed by atoms with Gasteiger partial charge in [-0.1, -0.05) is 20.8 Å². The Balaban J connectivity index is 1.87. The molecule has 1 aliphatic rings. The molecular weight excluding hydrogens is 270 g/mol. The molecule has 21 heavy (non-hydrogen) atoms. The minimum atomic E-state index is -0.709. The molecule has 6 heteroatoms. The molecule has 0 radical (unpaired) electrons. The molecule has 0 spiro atoms. The molecule has 0 aliphatic carbocycles. The van der Waals surface area contributed by atoms with Crippen molar-refractivity contribution in [3.8, 4) is 0 Å². The third-order valence-electron chi connectivity index (χ3n) is 3.84. The zero-order chi connectivity index (χ0) is 15.5. The van der Waals surface area contributed by atoms with Crippen LogP contribution in [0.1, 0.15) is 58.2 Å². The number of likely N-dealkylation sites (tertiary alicyclic amines) is 1. The summed E-state index contributed by atoms with van der Waals surface area (Å²) >= 11 is 0. The highest BCUT2D eigenvalue weighted by molar-refractivity contribution is 5.66. The van der Waals surface area contributed by atoms with Gasteiger partial charge in [0.25, 0.3) is 0 Å². The van der Waals surface area contributed by atoms with Gasteiger partial charge in [-0.15, -0.1) is 10.2 Å². The number of carboxylic acid groups (broad SMARTS) is 1. The Labute approximate surface area is 125 Å². The second-order valence-corrected chi connectivity index (χ2v) is 6.93. The molecule has 1 aliphatic heterocycles. The first-order chi connectivity index (χ1) is 9.84. The number of nitrogens with zero attached hydrogens (tertiary/aromatic N) is 3. The fraction of sp³-hybridized carbons (Fsp3) is 0.800. The van der Waals surface area contributed by atoms with Crippen molar-refractivity contribution in [1.29, 1.82) is 0 Å². The Morgan fingerprint density at radius 1 is 1.43 bits per heavy atom. The van der Waals surface area contributed by atoms with Gasteiger partial charge >= 0.3 is 5.97 Å². The van der Waals surface area contributed by atoms with Crippen LogP contribution in [0.15, 0.2) is 4.42 Å². The van der Waals surface area contributed by atoms with Crippen LogP contribution in [-0.2, 0) is 16.8 Å². The summed E-state index contributed by atoms with van der Waals surface area (Å²) in [4.78, 5) is 13.0. The maximum absolute atomic E-state index is 10.7. The van der Waals surface area contributed by atoms with Gasteiger partial charge in [-0.25, -0.2) is 0 Å². The number of piperidine rings is 1. The van der Waals surface area contributed by atoms with Gasteiger partial charge in [-0.05, 0) is 31.7 Å². The van der Waals surface area contributed by atoms with E-state index in [9.17, 15) is 4.79 Å². The lowest BCUT2D eigenvalue weighted by Gasteiger charge is -2.31. The highest BCUT2D eigenvalue weighted by Gasteiger charge is 2.24. The number of carbonyl (C=O) groups is 1. The molecule has 0 saturated carbocycles. The molecule has 1 atom stereocenters. The smallest absolute Gasteiger partial charge is 0.303 e. The summed E-state index contributed by atoms with van der Waals surface area (Å²) in [6, 6.07) is 0. The Hall–Kier alpha value is -1.43. The lowest BCUT2D eigenvalue weighted by Crippen LogP contribution is -2.35. The lowest BCUT2D eigenvalue weighted by molar-refractivity contribution is -0.137. The molecule has 0 bridgehead atoms. The second-order valence-electron chi connectivity index (χ2n) is 6.93. The molecule has 0 amide bonds. The normalized spacial score (nSPS) is 20.6. The summed E-state index contributed by atoms with van der Waals surface area (Å²) < 4.78 is 5.73. The van der Waals surface area contributed by atoms with Crippen molar-refractivity contribution in [2.45, 2.75) is 58.4 Å². The summed E-state index contributed by atoms with van der Waals surface area (Å²) in [6.45, 7) is 8.73. The van der Waals surface area contributed by atoms with Crippen LogP contribution in [0.25, 0.3) is 0 Å². The third kappa shape index (κ3) is 4.81. The monoisotopic (exact) mass is 295 g/mol. The van der Waals surface area contributed by atoms with Crippen molar-refractivity contribution in [3.05, 3.63) is 11.8 Å². The van der Waals surface area contributed by atoms with E-state index in [2.05, 4.69) is 15.1 Å². The van der Waals surface area contributed by atoms with Gasteiger partial charge in [-0.2, -0.15) is 0 Å². The molecule has 118 valence electrons. The van der Waals surface area contributed by atoms with Crippen LogP contribution in [0, 0.1) is 5.92 Å². The fourth-order valence-electron chi connectivity index (χ4n) is 2.67. The van der Waals surface area contributed by atoms with Gasteiger partial charge in [0.05, 0.1) is 6.54 Å². The number of rotatable bonds is 5. The first kappa shape index (κ1) is 15.9. The topological polar surface area (TPSA) is 79.5 Å². The number of aromatic nitrogens is 2. The predicted octanol–water partition coefficient (Wildman–Crippen LogP) is 2.44. The average Bonchev–Trinajstić information content (AvgIpc) is 2.85. The van der Waals surface area contributed by atoms with Crippen LogP contribution in [0.5, 0.6) is 0 Å². The van der Waals surface area contributed by atoms with Gasteiger partial charge in [0.15, 0.2) is 0 Å². The van der Waals surface area contributed by atoms with E-state index in [1.165, 1.54) is 0 Å². The van der Waals surface area contributed by atoms with Gasteiger partial charge in [0, 0.05) is 18.4 Å². The van der Waals surface area contributed by atoms with Crippen LogP contribution in [0.3, 0.4) is 0 Å². The van der Waals surface area contributed by atoms with Crippen molar-refractivity contribution >= 4 is 5.97 Å². The first-order valence-corrected chi connectivity index (χ1v) is 7.61. The highest BCUT2D eigenvalue weighted by Crippen LogP contribution is 2.24. The molecule has 1 N–H and O–H groups in total. The summed E-state index contributed by atoms with van der Waals surface area (Å²) in [5.41, 5.74) is -0.128. The largest absolute Gasteiger partial charge is 0.481 e. The van der Waals surface area contributed by atoms with Crippen molar-refractivity contribution in [3.63, 3.8) is 0 Å². The van der Waals surface area contributed by atoms with Crippen molar-refractivity contribution in [2.75, 3.05) is 13.1 Å². The zero-order valence-electron chi connectivity index (χ0n) is 13.1. The van der Waals surface area contributed by atoms with E-state index in [0.717, 1.165) is 32.4 Å². The Bertz CT molecular complexity index is 479. The van der Waals surface area contributed by atoms with Crippen LogP contribution in [0.2, 0.25) is 0 Å². The molecule has 1 fully saturated rings. The SMILES string of the molecule is CC(C)(C)c1nnc(CN2CCCC(CCC(=O)O)C2)o1. The number of aliphatic carboxylic acids is 1. The molecule has 6 nitrogen and oxygen atoms in total. The van der Waals surface area contributed by atoms with Crippen molar-refractivity contribution < 1.29 is 14.3 Å². The maximum atomic E-state index is 10.7. The van der Waals surface area contributed by atoms with Gasteiger partial charge in [0.1, 0.15) is 0 Å². The van der Waals surface area contributed by atoms with Crippen LogP contribution in [0.4, 0.5) is 0 Å². The third-order valence-corrected chi connectivity index (χ3v) is 3.84. The van der Waals surface area contributed by atoms with E-state index in [-0.39, 0.29) is 11.8 Å². The Kier molecular flexibility index (Phi) is 4.98. The molecule has 1 unspecified atom stereocenters. The predicted molar refractivity (Wildman–Crippen MR) is 77.9 cm³/mol. The molecule has 1 aromatic heterocycles. The summed E-state index contributed by atoms with van der Waals surface area (Å²) in [6.07, 6.45) is 3.22. The van der Waals surface area contributed by atoms with Crippen molar-refractivity contribution in [2.24, 2.45) is 5.92 Å². The summed E-state index contributed by atoms with van der Waals surface area (Å²) in [5.74, 6) is 1.06. The van der Waals surface area contributed by atoms with Gasteiger partial charge in [0.2, 0.25) is 11.8 Å². The molecule has 1 aromatic rings. The van der Waals surface area contributed by atoms with E-state index >= 15 is 0 Å². The Morgan fingerprint density at radius 3 is 2.81 bits per heavy atom. The van der Waals surface area contributed by atoms with Crippen LogP contribution < -0.4 is 0 Å². The molecule has 2 heterocycles. The van der Waals surface area contributed by atoms with Crippen LogP contribution >= 0.6 is 0 Å². The summed E-state index contributed by atoms with van der Waals surface area (Å²) in [7, 11) is 0. The average molecular weight is 295 g/mol. The minimum absolute atomic E-state index is 0.128. The minimum Gasteiger partial charge on any atom is -0.481 e. The maximum Gasteiger partial charge on any atom is 0.303 e. The molecular formula is C15H25N3O3. The number of hydrogen-bond donors (Lipinski definition) is 1. The fourth-order valence-corrected chi connectivity index (χ4v) is 2.67. The molecule has 0 aromatic carbocycles. The first-order valence-electron chi connectivity index (χ1n) is 7.61. The molecule has 1 saturated heterocycles. The van der Waals surface area contributed by atoms with Crippen molar-refractivity contribution in [1.82, 2.24) is 15.1 Å². The number of hydrogen-bond acceptors (Lipinski definition) is 5.